The molecule has 1 aliphatic heterocycles. The van der Waals surface area contributed by atoms with Crippen LogP contribution in [0.4, 0.5) is 5.82 Å². The lowest BCUT2D eigenvalue weighted by molar-refractivity contribution is -0.119. The highest BCUT2D eigenvalue weighted by Crippen LogP contribution is 2.28. The largest absolute Gasteiger partial charge is 0.363 e. The van der Waals surface area contributed by atoms with Gasteiger partial charge in [-0.3, -0.25) is 9.48 Å². The molecule has 3 aromatic rings. The summed E-state index contributed by atoms with van der Waals surface area (Å²) in [5.41, 5.74) is 3.48. The molecule has 1 amide bonds. The van der Waals surface area contributed by atoms with Crippen LogP contribution < -0.4 is 10.6 Å². The van der Waals surface area contributed by atoms with Crippen LogP contribution in [0.15, 0.2) is 12.5 Å². The number of nitrogens with zero attached hydrogens (tertiary/aromatic N) is 6. The van der Waals surface area contributed by atoms with Gasteiger partial charge in [0.25, 0.3) is 0 Å². The van der Waals surface area contributed by atoms with Gasteiger partial charge in [0, 0.05) is 32.3 Å². The van der Waals surface area contributed by atoms with Gasteiger partial charge in [0.05, 0.1) is 17.8 Å². The highest BCUT2D eigenvalue weighted by molar-refractivity contribution is 5.87. The topological polar surface area (TPSA) is 103 Å². The Hall–Kier alpha value is -2.97. The highest BCUT2D eigenvalue weighted by atomic mass is 16.1. The van der Waals surface area contributed by atoms with Crippen LogP contribution in [-0.4, -0.2) is 47.8 Å². The number of anilines is 1. The molecule has 2 N–H and O–H groups in total. The van der Waals surface area contributed by atoms with Crippen LogP contribution in [-0.2, 0) is 18.4 Å². The van der Waals surface area contributed by atoms with Crippen molar-refractivity contribution < 1.29 is 4.79 Å². The number of aryl methyl sites for hydroxylation is 2. The van der Waals surface area contributed by atoms with Gasteiger partial charge in [0.2, 0.25) is 5.91 Å². The van der Waals surface area contributed by atoms with Crippen molar-refractivity contribution >= 4 is 22.9 Å². The van der Waals surface area contributed by atoms with Crippen molar-refractivity contribution in [3.8, 4) is 11.4 Å². The molecule has 9 nitrogen and oxygen atoms in total. The Morgan fingerprint density at radius 3 is 2.92 bits per heavy atom. The molecule has 4 heterocycles. The molecule has 0 aliphatic carbocycles. The molecular formula is C16H20N8O. The van der Waals surface area contributed by atoms with Gasteiger partial charge in [-0.1, -0.05) is 0 Å². The van der Waals surface area contributed by atoms with Crippen LogP contribution >= 0.6 is 0 Å². The first-order chi connectivity index (χ1) is 12.1. The lowest BCUT2D eigenvalue weighted by Gasteiger charge is -2.10. The van der Waals surface area contributed by atoms with Crippen LogP contribution in [0.1, 0.15) is 19.0 Å². The van der Waals surface area contributed by atoms with E-state index in [1.54, 1.807) is 0 Å². The maximum atomic E-state index is 11.4. The number of rotatable bonds is 4. The van der Waals surface area contributed by atoms with Gasteiger partial charge < -0.3 is 15.2 Å². The number of amides is 1. The van der Waals surface area contributed by atoms with Crippen molar-refractivity contribution in [2.75, 3.05) is 11.9 Å². The Labute approximate surface area is 144 Å². The fourth-order valence-corrected chi connectivity index (χ4v) is 3.23. The van der Waals surface area contributed by atoms with E-state index in [0.717, 1.165) is 29.3 Å². The zero-order valence-electron chi connectivity index (χ0n) is 14.4. The summed E-state index contributed by atoms with van der Waals surface area (Å²) >= 11 is 0. The van der Waals surface area contributed by atoms with E-state index in [4.69, 9.17) is 4.98 Å². The molecule has 0 saturated carbocycles. The Morgan fingerprint density at radius 2 is 2.24 bits per heavy atom. The zero-order chi connectivity index (χ0) is 17.6. The summed E-state index contributed by atoms with van der Waals surface area (Å²) in [4.78, 5) is 24.9. The van der Waals surface area contributed by atoms with Gasteiger partial charge in [-0.05, 0) is 13.8 Å². The lowest BCUT2D eigenvalue weighted by Crippen LogP contribution is -2.23. The van der Waals surface area contributed by atoms with E-state index in [0.29, 0.717) is 24.3 Å². The molecule has 1 atom stereocenters. The fourth-order valence-electron chi connectivity index (χ4n) is 3.23. The Bertz CT molecular complexity index is 957. The van der Waals surface area contributed by atoms with E-state index in [2.05, 4.69) is 32.6 Å². The summed E-state index contributed by atoms with van der Waals surface area (Å²) in [6.07, 6.45) is 3.79. The van der Waals surface area contributed by atoms with Gasteiger partial charge in [0.15, 0.2) is 17.0 Å². The molecule has 3 aromatic heterocycles. The predicted molar refractivity (Wildman–Crippen MR) is 93.0 cm³/mol. The summed E-state index contributed by atoms with van der Waals surface area (Å²) in [5, 5.41) is 10.5. The molecule has 0 bridgehead atoms. The average molecular weight is 340 g/mol. The standard InChI is InChI=1S/C16H20N8O/c1-4-24-9(2)11(7-20-24)15-22-13-14(18-8-19-16(13)23(15)3)21-10-5-12(25)17-6-10/h7-8,10H,4-6H2,1-3H3,(H,17,25)(H,18,19,21). The predicted octanol–water partition coefficient (Wildman–Crippen LogP) is 0.856. The van der Waals surface area contributed by atoms with E-state index in [-0.39, 0.29) is 11.9 Å². The Morgan fingerprint density at radius 1 is 1.40 bits per heavy atom. The summed E-state index contributed by atoms with van der Waals surface area (Å²) in [7, 11) is 1.94. The molecule has 1 fully saturated rings. The highest BCUT2D eigenvalue weighted by Gasteiger charge is 2.24. The third-order valence-electron chi connectivity index (χ3n) is 4.62. The zero-order valence-corrected chi connectivity index (χ0v) is 14.4. The summed E-state index contributed by atoms with van der Waals surface area (Å²) < 4.78 is 3.89. The number of fused-ring (bicyclic) bond motifs is 1. The first-order valence-electron chi connectivity index (χ1n) is 8.32. The number of hydrogen-bond acceptors (Lipinski definition) is 6. The van der Waals surface area contributed by atoms with Gasteiger partial charge in [-0.15, -0.1) is 0 Å². The van der Waals surface area contributed by atoms with Crippen molar-refractivity contribution in [2.45, 2.75) is 32.9 Å². The first kappa shape index (κ1) is 15.6. The van der Waals surface area contributed by atoms with E-state index < -0.39 is 0 Å². The third kappa shape index (κ3) is 2.51. The number of hydrogen-bond donors (Lipinski definition) is 2. The van der Waals surface area contributed by atoms with Crippen LogP contribution in [0.5, 0.6) is 0 Å². The minimum Gasteiger partial charge on any atom is -0.363 e. The molecule has 0 spiro atoms. The monoisotopic (exact) mass is 340 g/mol. The van der Waals surface area contributed by atoms with Crippen molar-refractivity contribution in [3.63, 3.8) is 0 Å². The average Bonchev–Trinajstić information content (AvgIpc) is 3.27. The molecule has 1 saturated heterocycles. The second kappa shape index (κ2) is 5.83. The van der Waals surface area contributed by atoms with Gasteiger partial charge in [-0.2, -0.15) is 5.10 Å². The molecule has 1 aliphatic rings. The maximum absolute atomic E-state index is 11.4. The fraction of sp³-hybridized carbons (Fsp3) is 0.438. The van der Waals surface area contributed by atoms with E-state index in [9.17, 15) is 4.79 Å². The van der Waals surface area contributed by atoms with Crippen molar-refractivity contribution in [2.24, 2.45) is 7.05 Å². The second-order valence-corrected chi connectivity index (χ2v) is 6.20. The number of carbonyl (C=O) groups is 1. The smallest absolute Gasteiger partial charge is 0.222 e. The van der Waals surface area contributed by atoms with Crippen molar-refractivity contribution in [1.29, 1.82) is 0 Å². The number of aromatic nitrogens is 6. The molecule has 0 radical (unpaired) electrons. The van der Waals surface area contributed by atoms with Gasteiger partial charge in [0.1, 0.15) is 12.2 Å². The quantitative estimate of drug-likeness (QED) is 0.730. The Kier molecular flexibility index (Phi) is 3.63. The number of carbonyl (C=O) groups excluding carboxylic acids is 1. The summed E-state index contributed by atoms with van der Waals surface area (Å²) in [6, 6.07) is 0.0145. The maximum Gasteiger partial charge on any atom is 0.222 e. The van der Waals surface area contributed by atoms with Crippen LogP contribution in [0.25, 0.3) is 22.6 Å². The van der Waals surface area contributed by atoms with Gasteiger partial charge >= 0.3 is 0 Å². The van der Waals surface area contributed by atoms with Crippen molar-refractivity contribution in [3.05, 3.63) is 18.2 Å². The van der Waals surface area contributed by atoms with Gasteiger partial charge in [-0.25, -0.2) is 15.0 Å². The molecule has 25 heavy (non-hydrogen) atoms. The number of nitrogens with one attached hydrogen (secondary N) is 2. The SMILES string of the molecule is CCn1ncc(-c2nc3c(NC4CNC(=O)C4)ncnc3n2C)c1C. The molecule has 130 valence electrons. The molecule has 0 aromatic carbocycles. The molecule has 9 heteroatoms. The molecule has 1 unspecified atom stereocenters. The lowest BCUT2D eigenvalue weighted by atomic mass is 10.2. The number of imidazole rings is 1. The molecule has 4 rings (SSSR count). The van der Waals surface area contributed by atoms with Crippen LogP contribution in [0.2, 0.25) is 0 Å². The minimum absolute atomic E-state index is 0.0145. The Balaban J connectivity index is 1.77. The summed E-state index contributed by atoms with van der Waals surface area (Å²) in [6.45, 7) is 5.49. The minimum atomic E-state index is 0.0145. The van der Waals surface area contributed by atoms with Crippen LogP contribution in [0, 0.1) is 6.92 Å². The summed E-state index contributed by atoms with van der Waals surface area (Å²) in [5.74, 6) is 1.50. The van der Waals surface area contributed by atoms with E-state index in [1.807, 2.05) is 29.4 Å². The van der Waals surface area contributed by atoms with E-state index in [1.165, 1.54) is 6.33 Å². The first-order valence-corrected chi connectivity index (χ1v) is 8.32. The van der Waals surface area contributed by atoms with Crippen molar-refractivity contribution in [1.82, 2.24) is 34.6 Å². The third-order valence-corrected chi connectivity index (χ3v) is 4.62. The molecular weight excluding hydrogens is 320 g/mol. The normalized spacial score (nSPS) is 17.2. The van der Waals surface area contributed by atoms with E-state index >= 15 is 0 Å². The second-order valence-electron chi connectivity index (χ2n) is 6.20. The van der Waals surface area contributed by atoms with Crippen LogP contribution in [0.3, 0.4) is 0 Å².